The lowest BCUT2D eigenvalue weighted by molar-refractivity contribution is 0.0615. The van der Waals surface area contributed by atoms with Crippen molar-refractivity contribution < 1.29 is 0 Å². The van der Waals surface area contributed by atoms with Gasteiger partial charge in [-0.3, -0.25) is 0 Å². The fraction of sp³-hybridized carbons (Fsp3) is 1.00. The Hall–Kier alpha value is -0.120. The van der Waals surface area contributed by atoms with Gasteiger partial charge in [-0.25, -0.2) is 0 Å². The SMILES string of the molecule is CC1(CN2CCC(N3CCCCC3)CC2)CCNCC1. The van der Waals surface area contributed by atoms with E-state index in [0.29, 0.717) is 5.41 Å². The van der Waals surface area contributed by atoms with E-state index in [1.165, 1.54) is 90.8 Å². The summed E-state index contributed by atoms with van der Waals surface area (Å²) in [4.78, 5) is 5.54. The highest BCUT2D eigenvalue weighted by Crippen LogP contribution is 2.30. The minimum Gasteiger partial charge on any atom is -0.317 e. The summed E-state index contributed by atoms with van der Waals surface area (Å²) in [5.41, 5.74) is 0.573. The molecule has 3 heteroatoms. The minimum atomic E-state index is 0.573. The fourth-order valence-electron chi connectivity index (χ4n) is 4.45. The molecular weight excluding hydrogens is 246 g/mol. The number of piperidine rings is 3. The maximum Gasteiger partial charge on any atom is 0.0120 e. The minimum absolute atomic E-state index is 0.573. The monoisotopic (exact) mass is 279 g/mol. The lowest BCUT2D eigenvalue weighted by atomic mass is 9.80. The van der Waals surface area contributed by atoms with Crippen molar-refractivity contribution in [2.45, 2.75) is 57.9 Å². The van der Waals surface area contributed by atoms with Crippen molar-refractivity contribution >= 4 is 0 Å². The highest BCUT2D eigenvalue weighted by Gasteiger charge is 2.32. The summed E-state index contributed by atoms with van der Waals surface area (Å²) in [6.07, 6.45) is 9.87. The van der Waals surface area contributed by atoms with Gasteiger partial charge in [0.15, 0.2) is 0 Å². The Labute approximate surface area is 125 Å². The smallest absolute Gasteiger partial charge is 0.0120 e. The van der Waals surface area contributed by atoms with Crippen LogP contribution in [0.15, 0.2) is 0 Å². The molecule has 0 aromatic heterocycles. The molecule has 3 aliphatic rings. The van der Waals surface area contributed by atoms with Gasteiger partial charge in [0.05, 0.1) is 0 Å². The van der Waals surface area contributed by atoms with Crippen molar-refractivity contribution in [2.75, 3.05) is 45.8 Å². The van der Waals surface area contributed by atoms with Crippen molar-refractivity contribution in [3.63, 3.8) is 0 Å². The van der Waals surface area contributed by atoms with Gasteiger partial charge < -0.3 is 15.1 Å². The topological polar surface area (TPSA) is 18.5 Å². The molecule has 0 bridgehead atoms. The van der Waals surface area contributed by atoms with E-state index in [0.717, 1.165) is 6.04 Å². The number of likely N-dealkylation sites (tertiary alicyclic amines) is 2. The van der Waals surface area contributed by atoms with Gasteiger partial charge in [-0.05, 0) is 83.2 Å². The first-order chi connectivity index (χ1) is 9.75. The van der Waals surface area contributed by atoms with Crippen LogP contribution in [0.2, 0.25) is 0 Å². The second-order valence-corrected chi connectivity index (χ2v) is 7.66. The van der Waals surface area contributed by atoms with Crippen LogP contribution in [0.25, 0.3) is 0 Å². The number of hydrogen-bond acceptors (Lipinski definition) is 3. The average molecular weight is 279 g/mol. The molecule has 0 amide bonds. The number of rotatable bonds is 3. The Balaban J connectivity index is 1.43. The van der Waals surface area contributed by atoms with Crippen molar-refractivity contribution in [2.24, 2.45) is 5.41 Å². The van der Waals surface area contributed by atoms with Crippen LogP contribution in [-0.2, 0) is 0 Å². The predicted molar refractivity (Wildman–Crippen MR) is 85.1 cm³/mol. The van der Waals surface area contributed by atoms with Crippen LogP contribution in [0.1, 0.15) is 51.9 Å². The van der Waals surface area contributed by atoms with Gasteiger partial charge >= 0.3 is 0 Å². The first-order valence-corrected chi connectivity index (χ1v) is 8.92. The van der Waals surface area contributed by atoms with E-state index >= 15 is 0 Å². The highest BCUT2D eigenvalue weighted by atomic mass is 15.2. The number of nitrogens with zero attached hydrogens (tertiary/aromatic N) is 2. The normalized spacial score (nSPS) is 30.4. The lowest BCUT2D eigenvalue weighted by Crippen LogP contribution is -2.50. The zero-order valence-corrected chi connectivity index (χ0v) is 13.4. The average Bonchev–Trinajstić information content (AvgIpc) is 2.49. The Bertz CT molecular complexity index is 285. The van der Waals surface area contributed by atoms with Crippen LogP contribution in [0, 0.1) is 5.41 Å². The second-order valence-electron chi connectivity index (χ2n) is 7.66. The van der Waals surface area contributed by atoms with Gasteiger partial charge in [0.1, 0.15) is 0 Å². The summed E-state index contributed by atoms with van der Waals surface area (Å²) in [5, 5.41) is 3.50. The van der Waals surface area contributed by atoms with Crippen LogP contribution >= 0.6 is 0 Å². The number of nitrogens with one attached hydrogen (secondary N) is 1. The Morgan fingerprint density at radius 3 is 2.25 bits per heavy atom. The summed E-state index contributed by atoms with van der Waals surface area (Å²) in [6.45, 7) is 11.7. The van der Waals surface area contributed by atoms with Crippen LogP contribution in [-0.4, -0.2) is 61.7 Å². The first kappa shape index (κ1) is 14.8. The van der Waals surface area contributed by atoms with E-state index in [9.17, 15) is 0 Å². The van der Waals surface area contributed by atoms with Crippen LogP contribution < -0.4 is 5.32 Å². The molecule has 0 atom stereocenters. The van der Waals surface area contributed by atoms with Gasteiger partial charge in [0, 0.05) is 12.6 Å². The van der Waals surface area contributed by atoms with Crippen molar-refractivity contribution in [3.8, 4) is 0 Å². The summed E-state index contributed by atoms with van der Waals surface area (Å²) < 4.78 is 0. The van der Waals surface area contributed by atoms with Crippen molar-refractivity contribution in [1.82, 2.24) is 15.1 Å². The zero-order valence-electron chi connectivity index (χ0n) is 13.4. The van der Waals surface area contributed by atoms with Gasteiger partial charge in [0.25, 0.3) is 0 Å². The quantitative estimate of drug-likeness (QED) is 0.855. The predicted octanol–water partition coefficient (Wildman–Crippen LogP) is 2.33. The molecule has 0 unspecified atom stereocenters. The molecule has 0 aromatic rings. The molecule has 0 spiro atoms. The molecule has 0 aliphatic carbocycles. The molecule has 3 nitrogen and oxygen atoms in total. The van der Waals surface area contributed by atoms with Crippen LogP contribution in [0.3, 0.4) is 0 Å². The molecule has 3 saturated heterocycles. The largest absolute Gasteiger partial charge is 0.317 e. The number of hydrogen-bond donors (Lipinski definition) is 1. The van der Waals surface area contributed by atoms with Gasteiger partial charge in [-0.2, -0.15) is 0 Å². The zero-order chi connectivity index (χ0) is 13.8. The summed E-state index contributed by atoms with van der Waals surface area (Å²) in [6, 6.07) is 0.896. The maximum absolute atomic E-state index is 3.50. The molecule has 3 aliphatic heterocycles. The van der Waals surface area contributed by atoms with E-state index in [1.807, 2.05) is 0 Å². The molecule has 3 fully saturated rings. The maximum atomic E-state index is 3.50. The molecule has 3 heterocycles. The van der Waals surface area contributed by atoms with E-state index in [1.54, 1.807) is 0 Å². The molecule has 20 heavy (non-hydrogen) atoms. The van der Waals surface area contributed by atoms with Crippen molar-refractivity contribution in [1.29, 1.82) is 0 Å². The fourth-order valence-corrected chi connectivity index (χ4v) is 4.45. The van der Waals surface area contributed by atoms with E-state index in [4.69, 9.17) is 0 Å². The Morgan fingerprint density at radius 2 is 1.60 bits per heavy atom. The standard InChI is InChI=1S/C17H33N3/c1-17(7-9-18-10-8-17)15-19-13-5-16(6-14-19)20-11-3-2-4-12-20/h16,18H,2-15H2,1H3. The lowest BCUT2D eigenvalue weighted by Gasteiger charge is -2.44. The first-order valence-electron chi connectivity index (χ1n) is 8.92. The molecule has 1 N–H and O–H groups in total. The van der Waals surface area contributed by atoms with Gasteiger partial charge in [-0.15, -0.1) is 0 Å². The molecule has 116 valence electrons. The summed E-state index contributed by atoms with van der Waals surface area (Å²) in [5.74, 6) is 0. The molecule has 0 saturated carbocycles. The van der Waals surface area contributed by atoms with Gasteiger partial charge in [0.2, 0.25) is 0 Å². The molecule has 0 aromatic carbocycles. The third kappa shape index (κ3) is 3.75. The van der Waals surface area contributed by atoms with E-state index in [2.05, 4.69) is 22.0 Å². The Kier molecular flexibility index (Phi) is 5.00. The highest BCUT2D eigenvalue weighted by molar-refractivity contribution is 4.87. The molecule has 0 radical (unpaired) electrons. The second kappa shape index (κ2) is 6.76. The van der Waals surface area contributed by atoms with Gasteiger partial charge in [-0.1, -0.05) is 13.3 Å². The third-order valence-corrected chi connectivity index (χ3v) is 5.88. The van der Waals surface area contributed by atoms with Crippen molar-refractivity contribution in [3.05, 3.63) is 0 Å². The van der Waals surface area contributed by atoms with E-state index < -0.39 is 0 Å². The third-order valence-electron chi connectivity index (χ3n) is 5.88. The van der Waals surface area contributed by atoms with Crippen LogP contribution in [0.5, 0.6) is 0 Å². The Morgan fingerprint density at radius 1 is 0.950 bits per heavy atom. The summed E-state index contributed by atoms with van der Waals surface area (Å²) in [7, 11) is 0. The van der Waals surface area contributed by atoms with Crippen LogP contribution in [0.4, 0.5) is 0 Å². The summed E-state index contributed by atoms with van der Waals surface area (Å²) >= 11 is 0. The molecule has 3 rings (SSSR count). The van der Waals surface area contributed by atoms with E-state index in [-0.39, 0.29) is 0 Å². The molecular formula is C17H33N3.